The Hall–Kier alpha value is -1.81. The molecule has 0 saturated carbocycles. The molecule has 1 heterocycles. The minimum absolute atomic E-state index is 0.0366. The highest BCUT2D eigenvalue weighted by Gasteiger charge is 2.25. The van der Waals surface area contributed by atoms with Crippen LogP contribution in [0.1, 0.15) is 18.1 Å². The third-order valence-electron chi connectivity index (χ3n) is 3.90. The van der Waals surface area contributed by atoms with Gasteiger partial charge in [-0.15, -0.1) is 0 Å². The fourth-order valence-electron chi connectivity index (χ4n) is 2.74. The van der Waals surface area contributed by atoms with Gasteiger partial charge in [-0.1, -0.05) is 46.3 Å². The number of ether oxygens (including phenoxy) is 1. The summed E-state index contributed by atoms with van der Waals surface area (Å²) in [6, 6.07) is 15.9. The topological polar surface area (TPSA) is 29.5 Å². The summed E-state index contributed by atoms with van der Waals surface area (Å²) in [7, 11) is 0. The zero-order valence-corrected chi connectivity index (χ0v) is 14.0. The van der Waals surface area contributed by atoms with Gasteiger partial charge in [-0.2, -0.15) is 0 Å². The van der Waals surface area contributed by atoms with Crippen LogP contribution in [-0.4, -0.2) is 23.5 Å². The van der Waals surface area contributed by atoms with Crippen LogP contribution < -0.4 is 4.74 Å². The van der Waals surface area contributed by atoms with Gasteiger partial charge in [0.2, 0.25) is 0 Å². The maximum atomic E-state index is 12.6. The average molecular weight is 360 g/mol. The van der Waals surface area contributed by atoms with Gasteiger partial charge in [0.25, 0.3) is 5.91 Å². The van der Waals surface area contributed by atoms with Gasteiger partial charge in [0.15, 0.2) is 6.10 Å². The summed E-state index contributed by atoms with van der Waals surface area (Å²) >= 11 is 3.41. The minimum atomic E-state index is -0.487. The zero-order chi connectivity index (χ0) is 15.5. The molecule has 2 aromatic rings. The van der Waals surface area contributed by atoms with E-state index in [1.54, 1.807) is 0 Å². The summed E-state index contributed by atoms with van der Waals surface area (Å²) in [6.45, 7) is 3.23. The number of nitrogens with zero attached hydrogens (tertiary/aromatic N) is 1. The van der Waals surface area contributed by atoms with E-state index in [-0.39, 0.29) is 5.91 Å². The molecule has 2 aromatic carbocycles. The molecule has 0 fully saturated rings. The van der Waals surface area contributed by atoms with Crippen LogP contribution in [0.3, 0.4) is 0 Å². The Morgan fingerprint density at radius 1 is 1.18 bits per heavy atom. The Balaban J connectivity index is 1.67. The van der Waals surface area contributed by atoms with Crippen molar-refractivity contribution in [2.75, 3.05) is 6.54 Å². The van der Waals surface area contributed by atoms with Gasteiger partial charge in [-0.05, 0) is 42.7 Å². The van der Waals surface area contributed by atoms with Gasteiger partial charge in [-0.25, -0.2) is 0 Å². The van der Waals surface area contributed by atoms with E-state index in [2.05, 4.69) is 34.1 Å². The zero-order valence-electron chi connectivity index (χ0n) is 12.5. The Morgan fingerprint density at radius 2 is 1.95 bits per heavy atom. The van der Waals surface area contributed by atoms with Crippen LogP contribution in [0.2, 0.25) is 0 Å². The van der Waals surface area contributed by atoms with Crippen molar-refractivity contribution in [3.05, 3.63) is 64.1 Å². The minimum Gasteiger partial charge on any atom is -0.481 e. The first-order valence-corrected chi connectivity index (χ1v) is 8.20. The van der Waals surface area contributed by atoms with Gasteiger partial charge in [-0.3, -0.25) is 4.79 Å². The fourth-order valence-corrected chi connectivity index (χ4v) is 3.11. The maximum Gasteiger partial charge on any atom is 0.263 e. The highest BCUT2D eigenvalue weighted by Crippen LogP contribution is 2.22. The molecule has 1 atom stereocenters. The Kier molecular flexibility index (Phi) is 4.48. The molecule has 3 rings (SSSR count). The second-order valence-electron chi connectivity index (χ2n) is 5.50. The second kappa shape index (κ2) is 6.53. The van der Waals surface area contributed by atoms with Gasteiger partial charge in [0.05, 0.1) is 0 Å². The number of halogens is 1. The van der Waals surface area contributed by atoms with Gasteiger partial charge < -0.3 is 9.64 Å². The summed E-state index contributed by atoms with van der Waals surface area (Å²) in [5.41, 5.74) is 2.57. The standard InChI is InChI=1S/C18H18BrNO2/c1-13(22-17-8-4-7-16(19)11-17)18(21)20-10-9-14-5-2-3-6-15(14)12-20/h2-8,11,13H,9-10,12H2,1H3. The van der Waals surface area contributed by atoms with E-state index in [1.807, 2.05) is 42.2 Å². The molecule has 114 valence electrons. The van der Waals surface area contributed by atoms with Crippen LogP contribution in [0.4, 0.5) is 0 Å². The molecule has 0 N–H and O–H groups in total. The predicted octanol–water partition coefficient (Wildman–Crippen LogP) is 3.80. The normalized spacial score (nSPS) is 15.1. The van der Waals surface area contributed by atoms with Crippen LogP contribution in [0.25, 0.3) is 0 Å². The quantitative estimate of drug-likeness (QED) is 0.833. The van der Waals surface area contributed by atoms with E-state index >= 15 is 0 Å². The number of amides is 1. The number of carbonyl (C=O) groups is 1. The molecule has 22 heavy (non-hydrogen) atoms. The summed E-state index contributed by atoms with van der Waals surface area (Å²) in [6.07, 6.45) is 0.422. The molecule has 1 unspecified atom stereocenters. The fraction of sp³-hybridized carbons (Fsp3) is 0.278. The molecule has 4 heteroatoms. The van der Waals surface area contributed by atoms with Crippen LogP contribution in [0, 0.1) is 0 Å². The number of fused-ring (bicyclic) bond motifs is 1. The number of hydrogen-bond acceptors (Lipinski definition) is 2. The average Bonchev–Trinajstić information content (AvgIpc) is 2.53. The summed E-state index contributed by atoms with van der Waals surface area (Å²) in [5.74, 6) is 0.738. The number of carbonyl (C=O) groups excluding carboxylic acids is 1. The molecule has 0 aromatic heterocycles. The molecule has 0 bridgehead atoms. The monoisotopic (exact) mass is 359 g/mol. The van der Waals surface area contributed by atoms with E-state index in [0.717, 1.165) is 17.4 Å². The van der Waals surface area contributed by atoms with Crippen molar-refractivity contribution in [1.29, 1.82) is 0 Å². The number of hydrogen-bond donors (Lipinski definition) is 0. The summed E-state index contributed by atoms with van der Waals surface area (Å²) < 4.78 is 6.72. The summed E-state index contributed by atoms with van der Waals surface area (Å²) in [4.78, 5) is 14.5. The van der Waals surface area contributed by atoms with Gasteiger partial charge in [0.1, 0.15) is 5.75 Å². The van der Waals surface area contributed by atoms with Crippen LogP contribution in [0.15, 0.2) is 53.0 Å². The van der Waals surface area contributed by atoms with Gasteiger partial charge in [0, 0.05) is 17.6 Å². The second-order valence-corrected chi connectivity index (χ2v) is 6.41. The highest BCUT2D eigenvalue weighted by molar-refractivity contribution is 9.10. The van der Waals surface area contributed by atoms with Crippen molar-refractivity contribution in [2.45, 2.75) is 26.0 Å². The maximum absolute atomic E-state index is 12.6. The Morgan fingerprint density at radius 3 is 2.73 bits per heavy atom. The number of benzene rings is 2. The smallest absolute Gasteiger partial charge is 0.263 e. The molecule has 1 amide bonds. The third kappa shape index (κ3) is 3.33. The van der Waals surface area contributed by atoms with Crippen LogP contribution >= 0.6 is 15.9 Å². The van der Waals surface area contributed by atoms with E-state index in [4.69, 9.17) is 4.74 Å². The lowest BCUT2D eigenvalue weighted by atomic mass is 9.99. The molecule has 0 radical (unpaired) electrons. The van der Waals surface area contributed by atoms with Crippen molar-refractivity contribution in [3.63, 3.8) is 0 Å². The third-order valence-corrected chi connectivity index (χ3v) is 4.39. The number of rotatable bonds is 3. The van der Waals surface area contributed by atoms with Crippen molar-refractivity contribution >= 4 is 21.8 Å². The van der Waals surface area contributed by atoms with E-state index < -0.39 is 6.10 Å². The molecular weight excluding hydrogens is 342 g/mol. The molecule has 3 nitrogen and oxygen atoms in total. The molecule has 0 aliphatic carbocycles. The predicted molar refractivity (Wildman–Crippen MR) is 89.8 cm³/mol. The Bertz CT molecular complexity index is 686. The lowest BCUT2D eigenvalue weighted by Crippen LogP contribution is -2.43. The first-order chi connectivity index (χ1) is 10.6. The first-order valence-electron chi connectivity index (χ1n) is 7.41. The highest BCUT2D eigenvalue weighted by atomic mass is 79.9. The lowest BCUT2D eigenvalue weighted by Gasteiger charge is -2.31. The molecule has 0 spiro atoms. The van der Waals surface area contributed by atoms with E-state index in [1.165, 1.54) is 11.1 Å². The van der Waals surface area contributed by atoms with Gasteiger partial charge >= 0.3 is 0 Å². The first kappa shape index (κ1) is 15.1. The van der Waals surface area contributed by atoms with Crippen molar-refractivity contribution in [2.24, 2.45) is 0 Å². The molecule has 1 aliphatic rings. The summed E-state index contributed by atoms with van der Waals surface area (Å²) in [5, 5.41) is 0. The van der Waals surface area contributed by atoms with E-state index in [0.29, 0.717) is 12.3 Å². The largest absolute Gasteiger partial charge is 0.481 e. The molecule has 1 aliphatic heterocycles. The van der Waals surface area contributed by atoms with Crippen LogP contribution in [-0.2, 0) is 17.8 Å². The lowest BCUT2D eigenvalue weighted by molar-refractivity contribution is -0.138. The van der Waals surface area contributed by atoms with Crippen molar-refractivity contribution in [3.8, 4) is 5.75 Å². The molecule has 0 saturated heterocycles. The molecular formula is C18H18BrNO2. The van der Waals surface area contributed by atoms with Crippen molar-refractivity contribution < 1.29 is 9.53 Å². The SMILES string of the molecule is CC(Oc1cccc(Br)c1)C(=O)N1CCc2ccccc2C1. The van der Waals surface area contributed by atoms with Crippen molar-refractivity contribution in [1.82, 2.24) is 4.90 Å². The Labute approximate surface area is 139 Å². The van der Waals surface area contributed by atoms with Crippen LogP contribution in [0.5, 0.6) is 5.75 Å². The van der Waals surface area contributed by atoms with E-state index in [9.17, 15) is 4.79 Å².